The molecular formula is C19H26N2O3. The number of hydrogen-bond donors (Lipinski definition) is 1. The predicted molar refractivity (Wildman–Crippen MR) is 95.6 cm³/mol. The summed E-state index contributed by atoms with van der Waals surface area (Å²) >= 11 is 0. The van der Waals surface area contributed by atoms with Crippen molar-refractivity contribution in [2.24, 2.45) is 5.41 Å². The lowest BCUT2D eigenvalue weighted by atomic mass is 9.89. The Bertz CT molecular complexity index is 772. The molecule has 5 heteroatoms. The maximum Gasteiger partial charge on any atom is 0.309 e. The van der Waals surface area contributed by atoms with Crippen molar-refractivity contribution in [2.75, 3.05) is 20.6 Å². The van der Waals surface area contributed by atoms with E-state index in [1.165, 1.54) is 0 Å². The fourth-order valence-electron chi connectivity index (χ4n) is 2.70. The van der Waals surface area contributed by atoms with Gasteiger partial charge in [0, 0.05) is 24.5 Å². The average molecular weight is 330 g/mol. The van der Waals surface area contributed by atoms with Gasteiger partial charge in [0.15, 0.2) is 0 Å². The molecule has 0 radical (unpaired) electrons. The van der Waals surface area contributed by atoms with Gasteiger partial charge in [-0.3, -0.25) is 14.2 Å². The first-order valence-electron chi connectivity index (χ1n) is 8.14. The second-order valence-corrected chi connectivity index (χ2v) is 7.36. The third-order valence-electron chi connectivity index (χ3n) is 4.31. The first kappa shape index (κ1) is 18.2. The van der Waals surface area contributed by atoms with Crippen molar-refractivity contribution < 1.29 is 14.7 Å². The van der Waals surface area contributed by atoms with Gasteiger partial charge in [0.05, 0.1) is 10.9 Å². The van der Waals surface area contributed by atoms with Gasteiger partial charge >= 0.3 is 5.97 Å². The van der Waals surface area contributed by atoms with Gasteiger partial charge in [-0.2, -0.15) is 0 Å². The van der Waals surface area contributed by atoms with Crippen LogP contribution in [0.4, 0.5) is 0 Å². The molecule has 0 fully saturated rings. The Labute approximate surface area is 142 Å². The number of benzene rings is 1. The summed E-state index contributed by atoms with van der Waals surface area (Å²) in [5, 5.41) is 10.3. The van der Waals surface area contributed by atoms with E-state index in [2.05, 4.69) is 11.0 Å². The van der Waals surface area contributed by atoms with E-state index in [-0.39, 0.29) is 12.3 Å². The second kappa shape index (κ2) is 6.77. The van der Waals surface area contributed by atoms with Gasteiger partial charge in [-0.1, -0.05) is 11.6 Å². The number of aliphatic carboxylic acids is 1. The van der Waals surface area contributed by atoms with E-state index < -0.39 is 11.4 Å². The van der Waals surface area contributed by atoms with Crippen LogP contribution in [0, 0.1) is 12.3 Å². The number of carboxylic acids is 1. The quantitative estimate of drug-likeness (QED) is 0.883. The Balaban J connectivity index is 2.43. The molecule has 2 rings (SSSR count). The van der Waals surface area contributed by atoms with E-state index in [0.717, 1.165) is 35.0 Å². The lowest BCUT2D eigenvalue weighted by Gasteiger charge is -2.18. The van der Waals surface area contributed by atoms with Crippen LogP contribution in [0.15, 0.2) is 24.4 Å². The summed E-state index contributed by atoms with van der Waals surface area (Å²) in [6, 6.07) is 6.01. The molecule has 0 aliphatic heterocycles. The molecule has 5 nitrogen and oxygen atoms in total. The van der Waals surface area contributed by atoms with Gasteiger partial charge in [0.2, 0.25) is 5.91 Å². The summed E-state index contributed by atoms with van der Waals surface area (Å²) in [6.45, 7) is 6.08. The van der Waals surface area contributed by atoms with Crippen LogP contribution in [-0.4, -0.2) is 47.1 Å². The molecule has 1 aromatic heterocycles. The van der Waals surface area contributed by atoms with Gasteiger partial charge in [-0.25, -0.2) is 0 Å². The largest absolute Gasteiger partial charge is 0.481 e. The third-order valence-corrected chi connectivity index (χ3v) is 4.31. The van der Waals surface area contributed by atoms with Crippen molar-refractivity contribution in [2.45, 2.75) is 33.6 Å². The lowest BCUT2D eigenvalue weighted by Crippen LogP contribution is -2.28. The van der Waals surface area contributed by atoms with E-state index in [4.69, 9.17) is 0 Å². The number of carbonyl (C=O) groups excluding carboxylic acids is 1. The molecule has 1 N–H and O–H groups in total. The van der Waals surface area contributed by atoms with Crippen molar-refractivity contribution in [1.82, 2.24) is 9.47 Å². The zero-order valence-electron chi connectivity index (χ0n) is 15.1. The SMILES string of the molecule is Cc1ccc2c(c1)c(CCN(C)C)cn2C(=O)CC(C)(C)C(=O)O. The van der Waals surface area contributed by atoms with Gasteiger partial charge in [0.25, 0.3) is 0 Å². The van der Waals surface area contributed by atoms with Crippen molar-refractivity contribution in [3.63, 3.8) is 0 Å². The molecule has 24 heavy (non-hydrogen) atoms. The average Bonchev–Trinajstić information content (AvgIpc) is 2.82. The number of rotatable bonds is 6. The number of carboxylic acid groups (broad SMARTS) is 1. The Morgan fingerprint density at radius 1 is 1.25 bits per heavy atom. The van der Waals surface area contributed by atoms with Gasteiger partial charge in [-0.05, 0) is 59.0 Å². The number of likely N-dealkylation sites (N-methyl/N-ethyl adjacent to an activating group) is 1. The normalized spacial score (nSPS) is 12.1. The van der Waals surface area contributed by atoms with Crippen LogP contribution in [0.5, 0.6) is 0 Å². The number of fused-ring (bicyclic) bond motifs is 1. The highest BCUT2D eigenvalue weighted by atomic mass is 16.4. The van der Waals surface area contributed by atoms with E-state index in [1.54, 1.807) is 18.4 Å². The molecule has 0 spiro atoms. The standard InChI is InChI=1S/C19H26N2O3/c1-13-6-7-16-15(10-13)14(8-9-20(4)5)12-21(16)17(22)11-19(2,3)18(23)24/h6-7,10,12H,8-9,11H2,1-5H3,(H,23,24). The smallest absolute Gasteiger partial charge is 0.309 e. The molecule has 0 amide bonds. The van der Waals surface area contributed by atoms with Crippen molar-refractivity contribution in [3.05, 3.63) is 35.5 Å². The van der Waals surface area contributed by atoms with Crippen LogP contribution in [-0.2, 0) is 11.2 Å². The van der Waals surface area contributed by atoms with E-state index >= 15 is 0 Å². The number of carbonyl (C=O) groups is 2. The monoisotopic (exact) mass is 330 g/mol. The topological polar surface area (TPSA) is 62.5 Å². The summed E-state index contributed by atoms with van der Waals surface area (Å²) in [6.07, 6.45) is 2.68. The molecule has 0 atom stereocenters. The minimum absolute atomic E-state index is 0.0346. The Morgan fingerprint density at radius 2 is 1.92 bits per heavy atom. The van der Waals surface area contributed by atoms with Crippen molar-refractivity contribution in [1.29, 1.82) is 0 Å². The predicted octanol–water partition coefficient (Wildman–Crippen LogP) is 3.19. The minimum Gasteiger partial charge on any atom is -0.481 e. The number of aryl methyl sites for hydroxylation is 1. The zero-order valence-corrected chi connectivity index (χ0v) is 15.1. The van der Waals surface area contributed by atoms with Gasteiger partial charge in [-0.15, -0.1) is 0 Å². The molecule has 130 valence electrons. The molecule has 2 aromatic rings. The van der Waals surface area contributed by atoms with E-state index in [1.807, 2.05) is 39.3 Å². The fraction of sp³-hybridized carbons (Fsp3) is 0.474. The van der Waals surface area contributed by atoms with Crippen LogP contribution in [0.1, 0.15) is 36.2 Å². The molecule has 0 aliphatic rings. The second-order valence-electron chi connectivity index (χ2n) is 7.36. The van der Waals surface area contributed by atoms with E-state index in [9.17, 15) is 14.7 Å². The maximum atomic E-state index is 12.7. The van der Waals surface area contributed by atoms with E-state index in [0.29, 0.717) is 0 Å². The maximum absolute atomic E-state index is 12.7. The molecular weight excluding hydrogens is 304 g/mol. The first-order chi connectivity index (χ1) is 11.1. The number of aromatic nitrogens is 1. The van der Waals surface area contributed by atoms with Gasteiger partial charge in [0.1, 0.15) is 0 Å². The Kier molecular flexibility index (Phi) is 5.13. The minimum atomic E-state index is -1.08. The fourth-order valence-corrected chi connectivity index (χ4v) is 2.70. The molecule has 0 aliphatic carbocycles. The van der Waals surface area contributed by atoms with Crippen LogP contribution in [0.2, 0.25) is 0 Å². The van der Waals surface area contributed by atoms with Crippen LogP contribution >= 0.6 is 0 Å². The van der Waals surface area contributed by atoms with Crippen LogP contribution < -0.4 is 0 Å². The van der Waals surface area contributed by atoms with Crippen molar-refractivity contribution in [3.8, 4) is 0 Å². The molecule has 1 heterocycles. The highest BCUT2D eigenvalue weighted by molar-refractivity contribution is 5.96. The highest BCUT2D eigenvalue weighted by Gasteiger charge is 2.31. The summed E-state index contributed by atoms with van der Waals surface area (Å²) in [5.74, 6) is -1.15. The summed E-state index contributed by atoms with van der Waals surface area (Å²) in [7, 11) is 4.04. The van der Waals surface area contributed by atoms with Gasteiger partial charge < -0.3 is 10.0 Å². The summed E-state index contributed by atoms with van der Waals surface area (Å²) in [4.78, 5) is 26.1. The summed E-state index contributed by atoms with van der Waals surface area (Å²) < 4.78 is 1.62. The lowest BCUT2D eigenvalue weighted by molar-refractivity contribution is -0.146. The third kappa shape index (κ3) is 3.85. The Morgan fingerprint density at radius 3 is 2.50 bits per heavy atom. The van der Waals surface area contributed by atoms with Crippen LogP contribution in [0.25, 0.3) is 10.9 Å². The molecule has 0 saturated heterocycles. The Hall–Kier alpha value is -2.14. The molecule has 0 saturated carbocycles. The first-order valence-corrected chi connectivity index (χ1v) is 8.14. The van der Waals surface area contributed by atoms with Crippen LogP contribution in [0.3, 0.4) is 0 Å². The molecule has 0 unspecified atom stereocenters. The number of hydrogen-bond acceptors (Lipinski definition) is 3. The zero-order chi connectivity index (χ0) is 18.1. The van der Waals surface area contributed by atoms with Crippen molar-refractivity contribution >= 4 is 22.8 Å². The number of nitrogens with zero attached hydrogens (tertiary/aromatic N) is 2. The molecule has 0 bridgehead atoms. The molecule has 1 aromatic carbocycles. The summed E-state index contributed by atoms with van der Waals surface area (Å²) in [5.41, 5.74) is 2.02. The highest BCUT2D eigenvalue weighted by Crippen LogP contribution is 2.27.